The van der Waals surface area contributed by atoms with E-state index in [-0.39, 0.29) is 37.1 Å². The normalized spacial score (nSPS) is 14.9. The van der Waals surface area contributed by atoms with Gasteiger partial charge in [0.15, 0.2) is 0 Å². The van der Waals surface area contributed by atoms with Gasteiger partial charge in [-0.15, -0.1) is 0 Å². The van der Waals surface area contributed by atoms with Crippen molar-refractivity contribution >= 4 is 11.9 Å². The number of benzene rings is 1. The minimum atomic E-state index is -1.03. The lowest BCUT2D eigenvalue weighted by atomic mass is 9.94. The van der Waals surface area contributed by atoms with Crippen LogP contribution in [0.4, 0.5) is 4.39 Å². The number of halogens is 1. The molecule has 1 aromatic carbocycles. The minimum Gasteiger partial charge on any atom is -0.481 e. The highest BCUT2D eigenvalue weighted by Crippen LogP contribution is 2.22. The van der Waals surface area contributed by atoms with Gasteiger partial charge in [-0.25, -0.2) is 4.39 Å². The fourth-order valence-corrected chi connectivity index (χ4v) is 2.43. The first kappa shape index (κ1) is 18.1. The van der Waals surface area contributed by atoms with Crippen molar-refractivity contribution in [2.45, 2.75) is 38.1 Å². The molecule has 0 saturated carbocycles. The van der Waals surface area contributed by atoms with Crippen LogP contribution in [0.5, 0.6) is 0 Å². The van der Waals surface area contributed by atoms with Gasteiger partial charge in [-0.05, 0) is 24.5 Å². The molecule has 1 amide bonds. The number of amides is 1. The molecule has 0 spiro atoms. The summed E-state index contributed by atoms with van der Waals surface area (Å²) in [7, 11) is 1.44. The number of hydrogen-bond acceptors (Lipinski definition) is 3. The fourth-order valence-electron chi connectivity index (χ4n) is 2.43. The minimum absolute atomic E-state index is 0.0693. The molecule has 5 nitrogen and oxygen atoms in total. The van der Waals surface area contributed by atoms with Gasteiger partial charge in [-0.2, -0.15) is 0 Å². The highest BCUT2D eigenvalue weighted by molar-refractivity contribution is 5.79. The molecule has 1 rings (SSSR count). The van der Waals surface area contributed by atoms with E-state index >= 15 is 0 Å². The van der Waals surface area contributed by atoms with Crippen molar-refractivity contribution in [2.24, 2.45) is 0 Å². The Morgan fingerprint density at radius 3 is 2.59 bits per heavy atom. The first-order valence-corrected chi connectivity index (χ1v) is 7.03. The van der Waals surface area contributed by atoms with E-state index in [2.05, 4.69) is 5.32 Å². The smallest absolute Gasteiger partial charge is 0.305 e. The summed E-state index contributed by atoms with van der Waals surface area (Å²) in [6.45, 7) is 3.44. The van der Waals surface area contributed by atoms with Gasteiger partial charge in [0.1, 0.15) is 5.82 Å². The summed E-state index contributed by atoms with van der Waals surface area (Å²) < 4.78 is 18.7. The number of carbonyl (C=O) groups is 2. The van der Waals surface area contributed by atoms with E-state index in [1.165, 1.54) is 13.2 Å². The van der Waals surface area contributed by atoms with E-state index in [0.29, 0.717) is 5.56 Å². The summed E-state index contributed by atoms with van der Waals surface area (Å²) in [6.07, 6.45) is -0.180. The molecular formula is C16H22FNO4. The van der Waals surface area contributed by atoms with Gasteiger partial charge in [0.2, 0.25) is 5.91 Å². The maximum absolute atomic E-state index is 13.7. The molecule has 2 unspecified atom stereocenters. The fraction of sp³-hybridized carbons (Fsp3) is 0.500. The van der Waals surface area contributed by atoms with Crippen molar-refractivity contribution in [3.63, 3.8) is 0 Å². The Hall–Kier alpha value is -1.95. The van der Waals surface area contributed by atoms with Crippen LogP contribution in [-0.4, -0.2) is 36.2 Å². The molecule has 0 heterocycles. The number of rotatable bonds is 8. The number of ether oxygens (including phenoxy) is 1. The maximum atomic E-state index is 13.7. The third-order valence-electron chi connectivity index (χ3n) is 3.37. The Morgan fingerprint density at radius 1 is 1.41 bits per heavy atom. The van der Waals surface area contributed by atoms with E-state index in [0.717, 1.165) is 0 Å². The molecule has 2 atom stereocenters. The number of carbonyl (C=O) groups excluding carboxylic acids is 1. The summed E-state index contributed by atoms with van der Waals surface area (Å²) in [6, 6.07) is 6.29. The van der Waals surface area contributed by atoms with Crippen molar-refractivity contribution in [1.82, 2.24) is 5.32 Å². The molecule has 1 aromatic rings. The van der Waals surface area contributed by atoms with E-state index in [1.54, 1.807) is 32.0 Å². The molecule has 0 aliphatic rings. The van der Waals surface area contributed by atoms with Crippen LogP contribution in [0.1, 0.15) is 38.2 Å². The number of aliphatic carboxylic acids is 1. The van der Waals surface area contributed by atoms with Crippen LogP contribution in [0.15, 0.2) is 24.3 Å². The van der Waals surface area contributed by atoms with Crippen LogP contribution in [0.2, 0.25) is 0 Å². The quantitative estimate of drug-likeness (QED) is 0.772. The van der Waals surface area contributed by atoms with Crippen LogP contribution in [0.25, 0.3) is 0 Å². The Bertz CT molecular complexity index is 535. The zero-order valence-corrected chi connectivity index (χ0v) is 13.1. The maximum Gasteiger partial charge on any atom is 0.305 e. The van der Waals surface area contributed by atoms with Gasteiger partial charge in [0.05, 0.1) is 18.6 Å². The molecule has 0 aliphatic carbocycles. The van der Waals surface area contributed by atoms with Gasteiger partial charge in [-0.3, -0.25) is 9.59 Å². The van der Waals surface area contributed by atoms with Crippen LogP contribution in [0.3, 0.4) is 0 Å². The Morgan fingerprint density at radius 2 is 2.05 bits per heavy atom. The van der Waals surface area contributed by atoms with Crippen molar-refractivity contribution in [2.75, 3.05) is 13.7 Å². The molecule has 0 aromatic heterocycles. The summed E-state index contributed by atoms with van der Waals surface area (Å²) in [5.41, 5.74) is -0.531. The summed E-state index contributed by atoms with van der Waals surface area (Å²) in [5.74, 6) is -2.02. The van der Waals surface area contributed by atoms with Crippen molar-refractivity contribution in [1.29, 1.82) is 0 Å². The van der Waals surface area contributed by atoms with Crippen LogP contribution in [0, 0.1) is 5.82 Å². The molecule has 0 radical (unpaired) electrons. The van der Waals surface area contributed by atoms with E-state index in [9.17, 15) is 14.0 Å². The Labute approximate surface area is 129 Å². The first-order chi connectivity index (χ1) is 10.3. The largest absolute Gasteiger partial charge is 0.481 e. The summed E-state index contributed by atoms with van der Waals surface area (Å²) in [5, 5.41) is 11.6. The predicted octanol–water partition coefficient (Wildman–Crippen LogP) is 2.32. The molecule has 2 N–H and O–H groups in total. The Kier molecular flexibility index (Phi) is 6.49. The van der Waals surface area contributed by atoms with Gasteiger partial charge in [-0.1, -0.05) is 25.1 Å². The molecule has 0 bridgehead atoms. The molecule has 22 heavy (non-hydrogen) atoms. The molecule has 122 valence electrons. The number of nitrogens with one attached hydrogen (secondary N) is 1. The van der Waals surface area contributed by atoms with Crippen molar-refractivity contribution in [3.8, 4) is 0 Å². The molecule has 0 fully saturated rings. The second kappa shape index (κ2) is 7.89. The molecule has 6 heteroatoms. The third-order valence-corrected chi connectivity index (χ3v) is 3.37. The summed E-state index contributed by atoms with van der Waals surface area (Å²) >= 11 is 0. The Balaban J connectivity index is 2.71. The monoisotopic (exact) mass is 311 g/mol. The lowest BCUT2D eigenvalue weighted by Gasteiger charge is -2.29. The molecule has 0 saturated heterocycles. The standard InChI is InChI=1S/C16H22FNO4/c1-11(12-6-4-5-7-13(12)17)8-14(19)18-16(2,10-22-3)9-15(20)21/h4-7,11H,8-10H2,1-3H3,(H,18,19)(H,20,21). The van der Waals surface area contributed by atoms with Crippen molar-refractivity contribution < 1.29 is 23.8 Å². The SMILES string of the molecule is COCC(C)(CC(=O)O)NC(=O)CC(C)c1ccccc1F. The average molecular weight is 311 g/mol. The predicted molar refractivity (Wildman–Crippen MR) is 80.1 cm³/mol. The lowest BCUT2D eigenvalue weighted by Crippen LogP contribution is -2.51. The van der Waals surface area contributed by atoms with Gasteiger partial charge in [0.25, 0.3) is 0 Å². The molecular weight excluding hydrogens is 289 g/mol. The number of hydrogen-bond donors (Lipinski definition) is 2. The zero-order chi connectivity index (χ0) is 16.8. The van der Waals surface area contributed by atoms with Crippen LogP contribution >= 0.6 is 0 Å². The van der Waals surface area contributed by atoms with Crippen LogP contribution in [-0.2, 0) is 14.3 Å². The number of carboxylic acid groups (broad SMARTS) is 1. The van der Waals surface area contributed by atoms with Gasteiger partial charge < -0.3 is 15.2 Å². The highest BCUT2D eigenvalue weighted by Gasteiger charge is 2.30. The first-order valence-electron chi connectivity index (χ1n) is 7.03. The second-order valence-corrected chi connectivity index (χ2v) is 5.74. The number of methoxy groups -OCH3 is 1. The summed E-state index contributed by atoms with van der Waals surface area (Å²) in [4.78, 5) is 23.0. The topological polar surface area (TPSA) is 75.6 Å². The van der Waals surface area contributed by atoms with E-state index in [1.807, 2.05) is 0 Å². The third kappa shape index (κ3) is 5.44. The van der Waals surface area contributed by atoms with Crippen LogP contribution < -0.4 is 5.32 Å². The number of carboxylic acids is 1. The average Bonchev–Trinajstić information content (AvgIpc) is 2.37. The highest BCUT2D eigenvalue weighted by atomic mass is 19.1. The lowest BCUT2D eigenvalue weighted by molar-refractivity contribution is -0.139. The molecule has 0 aliphatic heterocycles. The zero-order valence-electron chi connectivity index (χ0n) is 13.1. The van der Waals surface area contributed by atoms with E-state index in [4.69, 9.17) is 9.84 Å². The second-order valence-electron chi connectivity index (χ2n) is 5.74. The van der Waals surface area contributed by atoms with Crippen molar-refractivity contribution in [3.05, 3.63) is 35.6 Å². The van der Waals surface area contributed by atoms with Gasteiger partial charge in [0, 0.05) is 13.5 Å². The van der Waals surface area contributed by atoms with Gasteiger partial charge >= 0.3 is 5.97 Å². The van der Waals surface area contributed by atoms with E-state index < -0.39 is 11.5 Å².